The number of nitrogens with zero attached hydrogens (tertiary/aromatic N) is 1. The van der Waals surface area contributed by atoms with Gasteiger partial charge in [0, 0.05) is 11.6 Å². The van der Waals surface area contributed by atoms with Crippen molar-refractivity contribution in [3.8, 4) is 5.53 Å². The van der Waals surface area contributed by atoms with E-state index in [-0.39, 0.29) is 37.7 Å². The molecule has 0 saturated heterocycles. The van der Waals surface area contributed by atoms with Crippen molar-refractivity contribution in [1.29, 1.82) is 5.26 Å². The predicted molar refractivity (Wildman–Crippen MR) is 20.0 cm³/mol. The van der Waals surface area contributed by atoms with E-state index >= 15 is 0 Å². The Bertz CT molecular complexity index is 29.5. The van der Waals surface area contributed by atoms with Crippen LogP contribution in [0.4, 0.5) is 0 Å². The van der Waals surface area contributed by atoms with E-state index in [0.29, 0.717) is 0 Å². The Kier molecular flexibility index (Phi) is 20.0. The molecule has 0 aromatic heterocycles. The first-order chi connectivity index (χ1) is 1.41. The summed E-state index contributed by atoms with van der Waals surface area (Å²) in [5.74, 6) is 0. The third-order valence-electron chi connectivity index (χ3n) is 0. The molecular formula is CH2CaClN. The standard InChI is InChI=1S/CClN.Ca.2H/c2-1-3;;;. The van der Waals surface area contributed by atoms with Crippen LogP contribution in [0.25, 0.3) is 0 Å². The van der Waals surface area contributed by atoms with E-state index in [0.717, 1.165) is 0 Å². The molecule has 0 aromatic carbocycles. The molecule has 0 amide bonds. The van der Waals surface area contributed by atoms with Crippen molar-refractivity contribution >= 4 is 49.3 Å². The molecule has 0 radical (unpaired) electrons. The summed E-state index contributed by atoms with van der Waals surface area (Å²) in [6.45, 7) is 0. The second kappa shape index (κ2) is 8.97. The maximum absolute atomic E-state index is 7.08. The predicted octanol–water partition coefficient (Wildman–Crippen LogP) is -0.210. The molecule has 0 unspecified atom stereocenters. The number of nitriles is 1. The summed E-state index contributed by atoms with van der Waals surface area (Å²) in [6, 6.07) is 0. The van der Waals surface area contributed by atoms with E-state index in [1.165, 1.54) is 5.53 Å². The fraction of sp³-hybridized carbons (Fsp3) is 0. The molecule has 1 nitrogen and oxygen atoms in total. The Hall–Kier alpha value is 1.04. The first-order valence-corrected chi connectivity index (χ1v) is 0.791. The molecule has 0 aromatic rings. The van der Waals surface area contributed by atoms with Crippen LogP contribution in [0.5, 0.6) is 0 Å². The monoisotopic (exact) mass is 103 g/mol. The molecule has 0 bridgehead atoms. The van der Waals surface area contributed by atoms with Crippen LogP contribution in [-0.2, 0) is 0 Å². The van der Waals surface area contributed by atoms with Gasteiger partial charge in [-0.05, 0) is 0 Å². The quantitative estimate of drug-likeness (QED) is 0.389. The van der Waals surface area contributed by atoms with Gasteiger partial charge in [0.2, 0.25) is 0 Å². The molecule has 0 spiro atoms. The fourth-order valence-corrected chi connectivity index (χ4v) is 0. The van der Waals surface area contributed by atoms with Crippen LogP contribution in [-0.4, -0.2) is 37.7 Å². The van der Waals surface area contributed by atoms with Crippen LogP contribution < -0.4 is 0 Å². The van der Waals surface area contributed by atoms with Crippen molar-refractivity contribution in [1.82, 2.24) is 0 Å². The second-order valence-electron chi connectivity index (χ2n) is 0.0845. The van der Waals surface area contributed by atoms with Crippen LogP contribution in [0.2, 0.25) is 0 Å². The summed E-state index contributed by atoms with van der Waals surface area (Å²) in [6.07, 6.45) is 0. The molecule has 0 rings (SSSR count). The Labute approximate surface area is 59.6 Å². The van der Waals surface area contributed by atoms with Crippen LogP contribution in [0, 0.1) is 10.8 Å². The number of halogens is 1. The summed E-state index contributed by atoms with van der Waals surface area (Å²) in [7, 11) is 0. The Morgan fingerprint density at radius 2 is 1.75 bits per heavy atom. The SMILES string of the molecule is N#CCl.[CaH2]. The number of hydrogen-bond donors (Lipinski definition) is 0. The summed E-state index contributed by atoms with van der Waals surface area (Å²) in [5, 5.41) is 7.08. The van der Waals surface area contributed by atoms with Crippen LogP contribution >= 0.6 is 11.6 Å². The topological polar surface area (TPSA) is 23.8 Å². The van der Waals surface area contributed by atoms with Crippen molar-refractivity contribution < 1.29 is 0 Å². The molecule has 0 N–H and O–H groups in total. The average Bonchev–Trinajstić information content (AvgIpc) is 0.918. The molecule has 0 aliphatic heterocycles. The summed E-state index contributed by atoms with van der Waals surface area (Å²) < 4.78 is 0. The minimum absolute atomic E-state index is 0. The zero-order valence-corrected chi connectivity index (χ0v) is 2.08. The first-order valence-electron chi connectivity index (χ1n) is 0.413. The van der Waals surface area contributed by atoms with Crippen molar-refractivity contribution in [2.24, 2.45) is 0 Å². The molecule has 0 fully saturated rings. The van der Waals surface area contributed by atoms with Crippen LogP contribution in [0.15, 0.2) is 0 Å². The minimum atomic E-state index is 0. The van der Waals surface area contributed by atoms with Gasteiger partial charge >= 0.3 is 37.7 Å². The molecule has 3 heteroatoms. The Morgan fingerprint density at radius 1 is 1.75 bits per heavy atom. The molecule has 4 heavy (non-hydrogen) atoms. The van der Waals surface area contributed by atoms with E-state index < -0.39 is 0 Å². The van der Waals surface area contributed by atoms with Crippen molar-refractivity contribution in [2.75, 3.05) is 0 Å². The van der Waals surface area contributed by atoms with Crippen molar-refractivity contribution in [2.45, 2.75) is 0 Å². The van der Waals surface area contributed by atoms with Gasteiger partial charge in [-0.2, -0.15) is 5.26 Å². The van der Waals surface area contributed by atoms with Gasteiger partial charge in [0.1, 0.15) is 0 Å². The van der Waals surface area contributed by atoms with Gasteiger partial charge in [0.05, 0.1) is 0 Å². The van der Waals surface area contributed by atoms with Crippen molar-refractivity contribution in [3.05, 3.63) is 0 Å². The third-order valence-corrected chi connectivity index (χ3v) is 0. The van der Waals surface area contributed by atoms with Gasteiger partial charge in [0.15, 0.2) is 5.53 Å². The Balaban J connectivity index is 0. The number of hydrogen-bond acceptors (Lipinski definition) is 1. The van der Waals surface area contributed by atoms with Gasteiger partial charge in [-0.1, -0.05) is 0 Å². The van der Waals surface area contributed by atoms with E-state index in [1.54, 1.807) is 0 Å². The maximum atomic E-state index is 7.08. The molecule has 20 valence electrons. The molecule has 0 saturated carbocycles. The van der Waals surface area contributed by atoms with E-state index in [4.69, 9.17) is 5.26 Å². The average molecular weight is 104 g/mol. The van der Waals surface area contributed by atoms with Gasteiger partial charge < -0.3 is 0 Å². The molecule has 0 aliphatic rings. The summed E-state index contributed by atoms with van der Waals surface area (Å²) in [5.41, 5.74) is 1.22. The zero-order valence-electron chi connectivity index (χ0n) is 1.33. The fourth-order valence-electron chi connectivity index (χ4n) is 0. The molecular weight excluding hydrogens is 102 g/mol. The summed E-state index contributed by atoms with van der Waals surface area (Å²) in [4.78, 5) is 0. The number of rotatable bonds is 0. The molecule has 0 atom stereocenters. The summed E-state index contributed by atoms with van der Waals surface area (Å²) >= 11 is 4.30. The second-order valence-corrected chi connectivity index (χ2v) is 0.254. The van der Waals surface area contributed by atoms with E-state index in [9.17, 15) is 0 Å². The van der Waals surface area contributed by atoms with Crippen LogP contribution in [0.3, 0.4) is 0 Å². The van der Waals surface area contributed by atoms with Gasteiger partial charge in [-0.3, -0.25) is 0 Å². The van der Waals surface area contributed by atoms with Gasteiger partial charge in [-0.25, -0.2) is 0 Å². The van der Waals surface area contributed by atoms with E-state index in [1.807, 2.05) is 0 Å². The Morgan fingerprint density at radius 3 is 1.75 bits per heavy atom. The first kappa shape index (κ1) is 8.90. The normalized spacial score (nSPS) is 2.00. The van der Waals surface area contributed by atoms with Crippen LogP contribution in [0.1, 0.15) is 0 Å². The van der Waals surface area contributed by atoms with Crippen molar-refractivity contribution in [3.63, 3.8) is 0 Å². The van der Waals surface area contributed by atoms with Gasteiger partial charge in [-0.15, -0.1) is 0 Å². The van der Waals surface area contributed by atoms with Gasteiger partial charge in [0.25, 0.3) is 0 Å². The third kappa shape index (κ3) is 11.7. The van der Waals surface area contributed by atoms with E-state index in [2.05, 4.69) is 11.6 Å². The zero-order chi connectivity index (χ0) is 2.71. The molecule has 0 heterocycles. The molecule has 0 aliphatic carbocycles.